The Kier molecular flexibility index (Phi) is 4.58. The zero-order chi connectivity index (χ0) is 19.3. The number of nitrogens with zero attached hydrogens (tertiary/aromatic N) is 3. The minimum absolute atomic E-state index is 0.151. The molecule has 0 unspecified atom stereocenters. The smallest absolute Gasteiger partial charge is 0.337 e. The van der Waals surface area contributed by atoms with Crippen molar-refractivity contribution < 1.29 is 18.0 Å². The summed E-state index contributed by atoms with van der Waals surface area (Å²) in [7, 11) is 1.65. The second-order valence-corrected chi connectivity index (χ2v) is 8.14. The van der Waals surface area contributed by atoms with Crippen LogP contribution in [0.25, 0.3) is 0 Å². The van der Waals surface area contributed by atoms with Gasteiger partial charge in [-0.25, -0.2) is 0 Å². The van der Waals surface area contributed by atoms with Crippen LogP contribution in [0, 0.1) is 0 Å². The Morgan fingerprint density at radius 2 is 1.92 bits per heavy atom. The van der Waals surface area contributed by atoms with Crippen molar-refractivity contribution >= 4 is 22.8 Å². The third-order valence-electron chi connectivity index (χ3n) is 4.34. The lowest BCUT2D eigenvalue weighted by Gasteiger charge is -2.21. The number of fused-ring (bicyclic) bond motifs is 1. The lowest BCUT2D eigenvalue weighted by atomic mass is 10.1. The molecule has 3 rings (SSSR count). The van der Waals surface area contributed by atoms with E-state index in [2.05, 4.69) is 4.99 Å². The maximum absolute atomic E-state index is 12.8. The molecule has 26 heavy (non-hydrogen) atoms. The third-order valence-corrected chi connectivity index (χ3v) is 5.51. The van der Waals surface area contributed by atoms with Crippen molar-refractivity contribution in [2.45, 2.75) is 39.0 Å². The number of likely N-dealkylation sites (N-methyl/N-ethyl adjacent to an activating group) is 1. The van der Waals surface area contributed by atoms with E-state index in [1.807, 2.05) is 25.7 Å². The van der Waals surface area contributed by atoms with E-state index in [9.17, 15) is 18.0 Å². The van der Waals surface area contributed by atoms with Gasteiger partial charge in [-0.3, -0.25) is 9.79 Å². The number of aliphatic imine (C=N–C) groups is 1. The molecule has 0 N–H and O–H groups in total. The summed E-state index contributed by atoms with van der Waals surface area (Å²) in [6.45, 7) is 6.97. The molecule has 1 aromatic rings. The SMILES string of the molecule is CC1=C(C(=O)N(C)Cc2ccc(C(F)(F)F)cc2)SC2=NC(C)(C)CN21. The summed E-state index contributed by atoms with van der Waals surface area (Å²) in [5.41, 5.74) is 0.670. The van der Waals surface area contributed by atoms with E-state index in [0.717, 1.165) is 29.5 Å². The first-order valence-electron chi connectivity index (χ1n) is 8.16. The normalized spacial score (nSPS) is 18.9. The minimum atomic E-state index is -4.36. The maximum Gasteiger partial charge on any atom is 0.416 e. The van der Waals surface area contributed by atoms with Gasteiger partial charge in [0.2, 0.25) is 0 Å². The Morgan fingerprint density at radius 3 is 2.46 bits per heavy atom. The van der Waals surface area contributed by atoms with Gasteiger partial charge in [0.1, 0.15) is 0 Å². The fraction of sp³-hybridized carbons (Fsp3) is 0.444. The van der Waals surface area contributed by atoms with E-state index in [1.165, 1.54) is 28.8 Å². The number of hydrogen-bond donors (Lipinski definition) is 0. The number of amidine groups is 1. The van der Waals surface area contributed by atoms with Gasteiger partial charge in [0, 0.05) is 25.8 Å². The number of carbonyl (C=O) groups excluding carboxylic acids is 1. The summed E-state index contributed by atoms with van der Waals surface area (Å²) >= 11 is 1.36. The summed E-state index contributed by atoms with van der Waals surface area (Å²) in [5.74, 6) is -0.151. The Bertz CT molecular complexity index is 797. The first kappa shape index (κ1) is 18.8. The molecule has 0 aromatic heterocycles. The second-order valence-electron chi connectivity index (χ2n) is 7.17. The van der Waals surface area contributed by atoms with Gasteiger partial charge in [-0.2, -0.15) is 13.2 Å². The van der Waals surface area contributed by atoms with Crippen molar-refractivity contribution in [2.75, 3.05) is 13.6 Å². The number of halogens is 3. The van der Waals surface area contributed by atoms with Crippen molar-refractivity contribution in [3.63, 3.8) is 0 Å². The molecule has 0 saturated carbocycles. The molecule has 0 saturated heterocycles. The Balaban J connectivity index is 1.69. The lowest BCUT2D eigenvalue weighted by molar-refractivity contribution is -0.137. The van der Waals surface area contributed by atoms with E-state index in [1.54, 1.807) is 7.05 Å². The number of allylic oxidation sites excluding steroid dienone is 1. The molecule has 0 spiro atoms. The predicted molar refractivity (Wildman–Crippen MR) is 96.4 cm³/mol. The summed E-state index contributed by atoms with van der Waals surface area (Å²) < 4.78 is 37.9. The van der Waals surface area contributed by atoms with Crippen molar-refractivity contribution in [1.29, 1.82) is 0 Å². The van der Waals surface area contributed by atoms with Crippen LogP contribution < -0.4 is 0 Å². The molecule has 140 valence electrons. The molecule has 0 radical (unpaired) electrons. The maximum atomic E-state index is 12.8. The molecule has 8 heteroatoms. The van der Waals surface area contributed by atoms with Crippen LogP contribution in [0.15, 0.2) is 39.9 Å². The molecule has 0 fully saturated rings. The number of hydrogen-bond acceptors (Lipinski definition) is 4. The molecule has 0 bridgehead atoms. The van der Waals surface area contributed by atoms with Gasteiger partial charge in [0.05, 0.1) is 16.0 Å². The van der Waals surface area contributed by atoms with Gasteiger partial charge in [-0.1, -0.05) is 12.1 Å². The number of thioether (sulfide) groups is 1. The van der Waals surface area contributed by atoms with Crippen molar-refractivity contribution in [1.82, 2.24) is 9.80 Å². The first-order valence-corrected chi connectivity index (χ1v) is 8.97. The molecule has 2 aliphatic rings. The number of benzene rings is 1. The summed E-state index contributed by atoms with van der Waals surface area (Å²) in [5, 5.41) is 0.832. The minimum Gasteiger partial charge on any atom is -0.337 e. The Hall–Kier alpha value is -1.96. The Labute approximate surface area is 154 Å². The molecule has 2 aliphatic heterocycles. The average molecular weight is 383 g/mol. The monoisotopic (exact) mass is 383 g/mol. The van der Waals surface area contributed by atoms with Gasteiger partial charge in [0.25, 0.3) is 5.91 Å². The van der Waals surface area contributed by atoms with E-state index < -0.39 is 11.7 Å². The van der Waals surface area contributed by atoms with Crippen molar-refractivity contribution in [2.24, 2.45) is 4.99 Å². The topological polar surface area (TPSA) is 35.9 Å². The summed E-state index contributed by atoms with van der Waals surface area (Å²) in [6.07, 6.45) is -4.36. The third kappa shape index (κ3) is 3.60. The molecule has 0 atom stereocenters. The number of alkyl halides is 3. The number of amides is 1. The van der Waals surface area contributed by atoms with Gasteiger partial charge in [-0.15, -0.1) is 0 Å². The zero-order valence-electron chi connectivity index (χ0n) is 15.0. The lowest BCUT2D eigenvalue weighted by Crippen LogP contribution is -2.30. The van der Waals surface area contributed by atoms with E-state index >= 15 is 0 Å². The summed E-state index contributed by atoms with van der Waals surface area (Å²) in [6, 6.07) is 4.88. The van der Waals surface area contributed by atoms with Crippen LogP contribution in [0.1, 0.15) is 31.9 Å². The van der Waals surface area contributed by atoms with Crippen LogP contribution in [0.5, 0.6) is 0 Å². The molecule has 2 heterocycles. The highest BCUT2D eigenvalue weighted by molar-refractivity contribution is 8.18. The number of carbonyl (C=O) groups is 1. The fourth-order valence-electron chi connectivity index (χ4n) is 2.95. The Morgan fingerprint density at radius 1 is 1.31 bits per heavy atom. The van der Waals surface area contributed by atoms with Crippen molar-refractivity contribution in [3.8, 4) is 0 Å². The molecule has 1 aromatic carbocycles. The zero-order valence-corrected chi connectivity index (χ0v) is 15.8. The average Bonchev–Trinajstić information content (AvgIpc) is 2.99. The van der Waals surface area contributed by atoms with Crippen LogP contribution in [0.3, 0.4) is 0 Å². The summed E-state index contributed by atoms with van der Waals surface area (Å²) in [4.78, 5) is 21.6. The number of rotatable bonds is 3. The standard InChI is InChI=1S/C18H20F3N3OS/c1-11-14(26-16-22-17(2,3)10-24(11)16)15(25)23(4)9-12-5-7-13(8-6-12)18(19,20)21/h5-8H,9-10H2,1-4H3. The van der Waals surface area contributed by atoms with Gasteiger partial charge in [0.15, 0.2) is 5.17 Å². The molecule has 4 nitrogen and oxygen atoms in total. The second kappa shape index (κ2) is 6.33. The highest BCUT2D eigenvalue weighted by atomic mass is 32.2. The van der Waals surface area contributed by atoms with Crippen LogP contribution in [-0.2, 0) is 17.5 Å². The quantitative estimate of drug-likeness (QED) is 0.789. The van der Waals surface area contributed by atoms with E-state index in [0.29, 0.717) is 10.5 Å². The molecular formula is C18H20F3N3OS. The van der Waals surface area contributed by atoms with Gasteiger partial charge >= 0.3 is 6.18 Å². The highest BCUT2D eigenvalue weighted by Crippen LogP contribution is 2.41. The molecular weight excluding hydrogens is 363 g/mol. The van der Waals surface area contributed by atoms with Crippen LogP contribution in [0.4, 0.5) is 13.2 Å². The predicted octanol–water partition coefficient (Wildman–Crippen LogP) is 4.09. The van der Waals surface area contributed by atoms with E-state index in [-0.39, 0.29) is 18.0 Å². The van der Waals surface area contributed by atoms with Crippen LogP contribution >= 0.6 is 11.8 Å². The highest BCUT2D eigenvalue weighted by Gasteiger charge is 2.40. The van der Waals surface area contributed by atoms with Crippen LogP contribution in [-0.4, -0.2) is 40.0 Å². The largest absolute Gasteiger partial charge is 0.416 e. The molecule has 1 amide bonds. The first-order chi connectivity index (χ1) is 12.0. The van der Waals surface area contributed by atoms with Crippen molar-refractivity contribution in [3.05, 3.63) is 46.0 Å². The molecule has 0 aliphatic carbocycles. The van der Waals surface area contributed by atoms with Crippen LogP contribution in [0.2, 0.25) is 0 Å². The van der Waals surface area contributed by atoms with Gasteiger partial charge < -0.3 is 9.80 Å². The fourth-order valence-corrected chi connectivity index (χ4v) is 4.24. The van der Waals surface area contributed by atoms with E-state index in [4.69, 9.17) is 0 Å². The van der Waals surface area contributed by atoms with Gasteiger partial charge in [-0.05, 0) is 50.2 Å².